The van der Waals surface area contributed by atoms with Crippen LogP contribution in [0.2, 0.25) is 0 Å². The summed E-state index contributed by atoms with van der Waals surface area (Å²) in [5.74, 6) is -0.405. The molecule has 0 bridgehead atoms. The van der Waals surface area contributed by atoms with E-state index in [9.17, 15) is 18.8 Å². The summed E-state index contributed by atoms with van der Waals surface area (Å²) < 4.78 is 17.8. The van der Waals surface area contributed by atoms with Crippen molar-refractivity contribution >= 4 is 29.5 Å². The van der Waals surface area contributed by atoms with Crippen LogP contribution in [0.1, 0.15) is 0 Å². The molecular weight excluding hydrogens is 313 g/mol. The van der Waals surface area contributed by atoms with E-state index in [2.05, 4.69) is 10.9 Å². The standard InChI is InChI=1S/C13H14FN3O4S/c14-9-1-3-10(4-2-9)21-6-12(19)16-15-11(18)5-17-8-22-7-13(17)20/h1-4H,5-8H2,(H,15,18)(H,16,19). The average Bonchev–Trinajstić information content (AvgIpc) is 2.90. The molecule has 0 aliphatic carbocycles. The van der Waals surface area contributed by atoms with Crippen LogP contribution in [0, 0.1) is 5.82 Å². The number of amides is 3. The van der Waals surface area contributed by atoms with Gasteiger partial charge in [-0.25, -0.2) is 4.39 Å². The molecule has 118 valence electrons. The molecule has 1 aliphatic heterocycles. The SMILES string of the molecule is O=C(COc1ccc(F)cc1)NNC(=O)CN1CSCC1=O. The molecule has 22 heavy (non-hydrogen) atoms. The zero-order valence-corrected chi connectivity index (χ0v) is 12.3. The Morgan fingerprint density at radius 1 is 1.23 bits per heavy atom. The third-order valence-corrected chi connectivity index (χ3v) is 3.63. The van der Waals surface area contributed by atoms with Crippen molar-refractivity contribution in [2.75, 3.05) is 24.8 Å². The third kappa shape index (κ3) is 4.92. The van der Waals surface area contributed by atoms with E-state index in [0.29, 0.717) is 17.4 Å². The summed E-state index contributed by atoms with van der Waals surface area (Å²) in [4.78, 5) is 35.7. The quantitative estimate of drug-likeness (QED) is 0.737. The van der Waals surface area contributed by atoms with Gasteiger partial charge in [-0.3, -0.25) is 25.2 Å². The number of ether oxygens (including phenoxy) is 1. The van der Waals surface area contributed by atoms with Crippen LogP contribution in [0.4, 0.5) is 4.39 Å². The van der Waals surface area contributed by atoms with E-state index in [0.717, 1.165) is 0 Å². The summed E-state index contributed by atoms with van der Waals surface area (Å²) in [6.45, 7) is -0.435. The summed E-state index contributed by atoms with van der Waals surface area (Å²) in [7, 11) is 0. The second kappa shape index (κ2) is 7.64. The second-order valence-electron chi connectivity index (χ2n) is 4.41. The van der Waals surface area contributed by atoms with E-state index in [1.165, 1.54) is 40.9 Å². The Morgan fingerprint density at radius 3 is 2.55 bits per heavy atom. The fourth-order valence-corrected chi connectivity index (χ4v) is 2.51. The van der Waals surface area contributed by atoms with Crippen LogP contribution in [0.3, 0.4) is 0 Å². The number of nitrogens with one attached hydrogen (secondary N) is 2. The highest BCUT2D eigenvalue weighted by molar-refractivity contribution is 8.00. The fraction of sp³-hybridized carbons (Fsp3) is 0.308. The highest BCUT2D eigenvalue weighted by atomic mass is 32.2. The van der Waals surface area contributed by atoms with E-state index in [1.54, 1.807) is 0 Å². The summed E-state index contributed by atoms with van der Waals surface area (Å²) in [5.41, 5.74) is 4.36. The molecule has 1 fully saturated rings. The van der Waals surface area contributed by atoms with Gasteiger partial charge in [0.1, 0.15) is 18.1 Å². The van der Waals surface area contributed by atoms with Gasteiger partial charge in [0, 0.05) is 0 Å². The predicted molar refractivity (Wildman–Crippen MR) is 77.2 cm³/mol. The van der Waals surface area contributed by atoms with Crippen molar-refractivity contribution < 1.29 is 23.5 Å². The summed E-state index contributed by atoms with van der Waals surface area (Å²) in [6.07, 6.45) is 0. The van der Waals surface area contributed by atoms with Crippen molar-refractivity contribution in [3.05, 3.63) is 30.1 Å². The zero-order chi connectivity index (χ0) is 15.9. The van der Waals surface area contributed by atoms with Crippen molar-refractivity contribution in [3.63, 3.8) is 0 Å². The van der Waals surface area contributed by atoms with Gasteiger partial charge in [-0.1, -0.05) is 0 Å². The first-order valence-corrected chi connectivity index (χ1v) is 7.51. The molecule has 1 saturated heterocycles. The van der Waals surface area contributed by atoms with Gasteiger partial charge in [-0.2, -0.15) is 0 Å². The minimum Gasteiger partial charge on any atom is -0.484 e. The van der Waals surface area contributed by atoms with Crippen LogP contribution >= 0.6 is 11.8 Å². The Morgan fingerprint density at radius 2 is 1.91 bits per heavy atom. The van der Waals surface area contributed by atoms with Crippen molar-refractivity contribution in [2.24, 2.45) is 0 Å². The van der Waals surface area contributed by atoms with Gasteiger partial charge in [0.2, 0.25) is 5.91 Å². The molecule has 2 rings (SSSR count). The topological polar surface area (TPSA) is 87.7 Å². The van der Waals surface area contributed by atoms with E-state index < -0.39 is 17.6 Å². The van der Waals surface area contributed by atoms with Crippen LogP contribution in [0.5, 0.6) is 5.75 Å². The average molecular weight is 327 g/mol. The second-order valence-corrected chi connectivity index (χ2v) is 5.36. The number of hydrogen-bond acceptors (Lipinski definition) is 5. The lowest BCUT2D eigenvalue weighted by Crippen LogP contribution is -2.48. The van der Waals surface area contributed by atoms with Crippen LogP contribution in [-0.2, 0) is 14.4 Å². The molecule has 1 aromatic carbocycles. The number of nitrogens with zero attached hydrogens (tertiary/aromatic N) is 1. The van der Waals surface area contributed by atoms with Gasteiger partial charge in [0.15, 0.2) is 6.61 Å². The van der Waals surface area contributed by atoms with Gasteiger partial charge in [-0.15, -0.1) is 11.8 Å². The van der Waals surface area contributed by atoms with Crippen molar-refractivity contribution in [2.45, 2.75) is 0 Å². The van der Waals surface area contributed by atoms with Gasteiger partial charge in [-0.05, 0) is 24.3 Å². The monoisotopic (exact) mass is 327 g/mol. The molecule has 0 unspecified atom stereocenters. The fourth-order valence-electron chi connectivity index (χ4n) is 1.61. The first-order chi connectivity index (χ1) is 10.5. The summed E-state index contributed by atoms with van der Waals surface area (Å²) in [5, 5.41) is 0. The van der Waals surface area contributed by atoms with Crippen LogP contribution in [0.15, 0.2) is 24.3 Å². The van der Waals surface area contributed by atoms with Crippen LogP contribution < -0.4 is 15.6 Å². The molecule has 0 saturated carbocycles. The van der Waals surface area contributed by atoms with Gasteiger partial charge >= 0.3 is 0 Å². The molecule has 1 aromatic rings. The Bertz CT molecular complexity index is 567. The van der Waals surface area contributed by atoms with E-state index in [4.69, 9.17) is 4.74 Å². The molecular formula is C13H14FN3O4S. The van der Waals surface area contributed by atoms with Crippen molar-refractivity contribution in [1.82, 2.24) is 15.8 Å². The maximum absolute atomic E-state index is 12.7. The maximum atomic E-state index is 12.7. The molecule has 9 heteroatoms. The molecule has 3 amide bonds. The Labute approximate surface area is 130 Å². The highest BCUT2D eigenvalue weighted by Crippen LogP contribution is 2.13. The number of carbonyl (C=O) groups is 3. The van der Waals surface area contributed by atoms with Crippen LogP contribution in [0.25, 0.3) is 0 Å². The molecule has 0 atom stereocenters. The predicted octanol–water partition coefficient (Wildman–Crippen LogP) is -0.115. The molecule has 7 nitrogen and oxygen atoms in total. The molecule has 1 aliphatic rings. The number of carbonyl (C=O) groups excluding carboxylic acids is 3. The lowest BCUT2D eigenvalue weighted by Gasteiger charge is -2.14. The number of hydrogen-bond donors (Lipinski definition) is 2. The first-order valence-electron chi connectivity index (χ1n) is 6.36. The van der Waals surface area contributed by atoms with Gasteiger partial charge < -0.3 is 9.64 Å². The number of rotatable bonds is 5. The number of thioether (sulfide) groups is 1. The first kappa shape index (κ1) is 16.1. The maximum Gasteiger partial charge on any atom is 0.276 e. The van der Waals surface area contributed by atoms with E-state index in [-0.39, 0.29) is 19.1 Å². The zero-order valence-electron chi connectivity index (χ0n) is 11.5. The third-order valence-electron chi connectivity index (χ3n) is 2.68. The summed E-state index contributed by atoms with van der Waals surface area (Å²) in [6, 6.07) is 5.19. The minimum atomic E-state index is -0.570. The lowest BCUT2D eigenvalue weighted by atomic mass is 10.3. The molecule has 0 radical (unpaired) electrons. The number of benzene rings is 1. The summed E-state index contributed by atoms with van der Waals surface area (Å²) >= 11 is 1.43. The van der Waals surface area contributed by atoms with Crippen molar-refractivity contribution in [1.29, 1.82) is 0 Å². The lowest BCUT2D eigenvalue weighted by molar-refractivity contribution is -0.134. The Kier molecular flexibility index (Phi) is 5.59. The molecule has 0 spiro atoms. The van der Waals surface area contributed by atoms with E-state index >= 15 is 0 Å². The van der Waals surface area contributed by atoms with Gasteiger partial charge in [0.05, 0.1) is 11.6 Å². The molecule has 2 N–H and O–H groups in total. The Balaban J connectivity index is 1.65. The molecule has 0 aromatic heterocycles. The Hall–Kier alpha value is -2.29. The number of hydrazine groups is 1. The van der Waals surface area contributed by atoms with Crippen LogP contribution in [-0.4, -0.2) is 47.4 Å². The highest BCUT2D eigenvalue weighted by Gasteiger charge is 2.22. The molecule has 1 heterocycles. The van der Waals surface area contributed by atoms with Crippen molar-refractivity contribution in [3.8, 4) is 5.75 Å². The minimum absolute atomic E-state index is 0.105. The van der Waals surface area contributed by atoms with Gasteiger partial charge in [0.25, 0.3) is 11.8 Å². The normalized spacial score (nSPS) is 13.9. The van der Waals surface area contributed by atoms with E-state index in [1.807, 2.05) is 0 Å². The largest absolute Gasteiger partial charge is 0.484 e. The number of halogens is 1. The smallest absolute Gasteiger partial charge is 0.276 e.